The number of aliphatic carboxylic acids is 3. The van der Waals surface area contributed by atoms with Crippen molar-refractivity contribution in [1.82, 2.24) is 31.5 Å². The van der Waals surface area contributed by atoms with E-state index in [1.165, 1.54) is 4.90 Å². The number of nitrogens with zero attached hydrogens (tertiary/aromatic N) is 1. The average Bonchev–Trinajstić information content (AvgIpc) is 3.83. The highest BCUT2D eigenvalue weighted by Gasteiger charge is 2.54. The molecule has 6 atom stereocenters. The zero-order chi connectivity index (χ0) is 43.4. The monoisotopic (exact) mass is 828 g/mol. The molecule has 0 spiro atoms. The molecule has 4 rings (SSSR count). The van der Waals surface area contributed by atoms with Crippen molar-refractivity contribution in [3.05, 3.63) is 35.9 Å². The molecule has 1 aliphatic heterocycles. The molecule has 0 bridgehead atoms. The van der Waals surface area contributed by atoms with Crippen molar-refractivity contribution in [1.29, 1.82) is 0 Å². The Morgan fingerprint density at radius 3 is 1.86 bits per heavy atom. The Labute approximate surface area is 341 Å². The number of rotatable bonds is 21. The quantitative estimate of drug-likeness (QED) is 0.0836. The van der Waals surface area contributed by atoms with Gasteiger partial charge >= 0.3 is 17.9 Å². The highest BCUT2D eigenvalue weighted by molar-refractivity contribution is 5.99. The molecule has 19 nitrogen and oxygen atoms in total. The predicted molar refractivity (Wildman–Crippen MR) is 207 cm³/mol. The number of carboxylic acids is 3. The summed E-state index contributed by atoms with van der Waals surface area (Å²) < 4.78 is 6.11. The smallest absolute Gasteiger partial charge is 0.329 e. The molecular weight excluding hydrogens is 772 g/mol. The van der Waals surface area contributed by atoms with Crippen molar-refractivity contribution >= 4 is 53.4 Å². The summed E-state index contributed by atoms with van der Waals surface area (Å²) >= 11 is 0. The number of carbonyl (C=O) groups excluding carboxylic acids is 6. The molecule has 1 aromatic rings. The molecule has 0 aromatic heterocycles. The first-order valence-corrected chi connectivity index (χ1v) is 20.0. The van der Waals surface area contributed by atoms with Crippen molar-refractivity contribution in [3.63, 3.8) is 0 Å². The Morgan fingerprint density at radius 1 is 0.780 bits per heavy atom. The van der Waals surface area contributed by atoms with Crippen LogP contribution in [0.25, 0.3) is 0 Å². The second kappa shape index (κ2) is 20.9. The molecule has 59 heavy (non-hydrogen) atoms. The number of benzene rings is 1. The number of amides is 6. The molecule has 324 valence electrons. The second-order valence-electron chi connectivity index (χ2n) is 16.1. The largest absolute Gasteiger partial charge is 0.481 e. The van der Waals surface area contributed by atoms with Crippen LogP contribution in [0.1, 0.15) is 97.0 Å². The van der Waals surface area contributed by atoms with Gasteiger partial charge in [-0.05, 0) is 36.7 Å². The fraction of sp³-hybridized carbons (Fsp3) is 0.625. The van der Waals surface area contributed by atoms with E-state index in [-0.39, 0.29) is 44.8 Å². The average molecular weight is 829 g/mol. The summed E-state index contributed by atoms with van der Waals surface area (Å²) in [5.74, 6) is -9.74. The van der Waals surface area contributed by atoms with Gasteiger partial charge in [0, 0.05) is 19.9 Å². The third-order valence-corrected chi connectivity index (χ3v) is 10.9. The molecule has 19 heteroatoms. The van der Waals surface area contributed by atoms with Crippen molar-refractivity contribution in [2.75, 3.05) is 6.54 Å². The number of carboxylic acid groups (broad SMARTS) is 3. The number of nitrogens with one attached hydrogen (secondary N) is 5. The van der Waals surface area contributed by atoms with E-state index in [0.717, 1.165) is 44.6 Å². The van der Waals surface area contributed by atoms with E-state index in [0.29, 0.717) is 0 Å². The molecule has 3 fully saturated rings. The van der Waals surface area contributed by atoms with E-state index in [9.17, 15) is 58.5 Å². The second-order valence-corrected chi connectivity index (χ2v) is 16.1. The molecular formula is C40H56N6O13. The van der Waals surface area contributed by atoms with Gasteiger partial charge in [-0.3, -0.25) is 38.4 Å². The van der Waals surface area contributed by atoms with E-state index in [2.05, 4.69) is 26.6 Å². The molecule has 2 saturated carbocycles. The van der Waals surface area contributed by atoms with Crippen molar-refractivity contribution in [2.45, 2.75) is 140 Å². The molecule has 0 radical (unpaired) electrons. The van der Waals surface area contributed by atoms with Crippen LogP contribution in [0.5, 0.6) is 0 Å². The summed E-state index contributed by atoms with van der Waals surface area (Å²) in [6.45, 7) is 4.55. The number of hydrogen-bond donors (Lipinski definition) is 8. The fourth-order valence-electron chi connectivity index (χ4n) is 7.53. The molecule has 8 N–H and O–H groups in total. The lowest BCUT2D eigenvalue weighted by Crippen LogP contribution is -2.61. The standard InChI is InChI=1S/C40H56N6O13/c1-22(2)33(38(56)46-20-26(59-21-25-12-8-5-9-13-25)17-30(46)37(55)45-40(14-15-40)39(57)58)44-36(54)27(16-24-10-6-4-7-11-24)42-35(53)29(19-32(50)51)43-34(52)28(18-31(48)49)41-23(3)47/h5,8-9,12-13,22,24,26-30,33H,4,6-7,10-11,14-21H2,1-3H3,(H,41,47)(H,42,53)(H,43,52)(H,44,54)(H,45,55)(H,48,49)(H,50,51)(H,57,58)/t26-,27+,28+,29+,30+,33+/m1/s1. The molecule has 0 unspecified atom stereocenters. The van der Waals surface area contributed by atoms with Crippen LogP contribution in [0.4, 0.5) is 0 Å². The Kier molecular flexibility index (Phi) is 16.3. The molecule has 3 aliphatic rings. The third kappa shape index (κ3) is 13.5. The van der Waals surface area contributed by atoms with Crippen molar-refractivity contribution in [3.8, 4) is 0 Å². The summed E-state index contributed by atoms with van der Waals surface area (Å²) in [5, 5.41) is 40.9. The summed E-state index contributed by atoms with van der Waals surface area (Å²) in [6.07, 6.45) is 2.43. The van der Waals surface area contributed by atoms with Gasteiger partial charge in [0.15, 0.2) is 0 Å². The summed E-state index contributed by atoms with van der Waals surface area (Å²) in [4.78, 5) is 117. The van der Waals surface area contributed by atoms with Crippen LogP contribution in [0, 0.1) is 11.8 Å². The Morgan fingerprint density at radius 2 is 1.34 bits per heavy atom. The van der Waals surface area contributed by atoms with Gasteiger partial charge in [0.2, 0.25) is 35.4 Å². The first-order chi connectivity index (χ1) is 27.9. The molecule has 1 aromatic carbocycles. The van der Waals surface area contributed by atoms with Gasteiger partial charge in [-0.15, -0.1) is 0 Å². The van der Waals surface area contributed by atoms with Crippen LogP contribution in [0.2, 0.25) is 0 Å². The maximum Gasteiger partial charge on any atom is 0.329 e. The van der Waals surface area contributed by atoms with Crippen molar-refractivity contribution in [2.24, 2.45) is 11.8 Å². The number of ether oxygens (including phenoxy) is 1. The topological polar surface area (TPSA) is 287 Å². The Balaban J connectivity index is 1.56. The van der Waals surface area contributed by atoms with Crippen LogP contribution in [0.15, 0.2) is 30.3 Å². The maximum atomic E-state index is 14.5. The van der Waals surface area contributed by atoms with E-state index in [4.69, 9.17) is 4.74 Å². The number of likely N-dealkylation sites (tertiary alicyclic amines) is 1. The van der Waals surface area contributed by atoms with Crippen LogP contribution in [-0.2, 0) is 54.5 Å². The number of carbonyl (C=O) groups is 9. The first-order valence-electron chi connectivity index (χ1n) is 20.0. The molecule has 1 saturated heterocycles. The highest BCUT2D eigenvalue weighted by Crippen LogP contribution is 2.36. The first kappa shape index (κ1) is 46.1. The zero-order valence-electron chi connectivity index (χ0n) is 33.6. The lowest BCUT2D eigenvalue weighted by atomic mass is 9.84. The lowest BCUT2D eigenvalue weighted by Gasteiger charge is -2.33. The summed E-state index contributed by atoms with van der Waals surface area (Å²) in [5.41, 5.74) is -0.568. The number of hydrogen-bond acceptors (Lipinski definition) is 10. The molecule has 1 heterocycles. The molecule has 2 aliphatic carbocycles. The Hall–Kier alpha value is -5.59. The zero-order valence-corrected chi connectivity index (χ0v) is 33.6. The van der Waals surface area contributed by atoms with E-state index in [1.54, 1.807) is 13.8 Å². The van der Waals surface area contributed by atoms with Gasteiger partial charge in [0.05, 0.1) is 25.6 Å². The van der Waals surface area contributed by atoms with Gasteiger partial charge in [-0.25, -0.2) is 4.79 Å². The fourth-order valence-corrected chi connectivity index (χ4v) is 7.53. The van der Waals surface area contributed by atoms with Crippen LogP contribution < -0.4 is 26.6 Å². The van der Waals surface area contributed by atoms with Gasteiger partial charge in [0.1, 0.15) is 35.7 Å². The van der Waals surface area contributed by atoms with E-state index in [1.807, 2.05) is 30.3 Å². The van der Waals surface area contributed by atoms with Crippen LogP contribution in [-0.4, -0.2) is 122 Å². The van der Waals surface area contributed by atoms with Gasteiger partial charge in [-0.2, -0.15) is 0 Å². The summed E-state index contributed by atoms with van der Waals surface area (Å²) in [7, 11) is 0. The normalized spacial score (nSPS) is 20.6. The minimum absolute atomic E-state index is 0.0293. The minimum atomic E-state index is -1.79. The van der Waals surface area contributed by atoms with Crippen LogP contribution in [0.3, 0.4) is 0 Å². The molecule has 6 amide bonds. The van der Waals surface area contributed by atoms with Crippen LogP contribution >= 0.6 is 0 Å². The minimum Gasteiger partial charge on any atom is -0.481 e. The predicted octanol–water partition coefficient (Wildman–Crippen LogP) is 0.441. The van der Waals surface area contributed by atoms with Gasteiger partial charge in [-0.1, -0.05) is 76.3 Å². The maximum absolute atomic E-state index is 14.5. The lowest BCUT2D eigenvalue weighted by molar-refractivity contribution is -0.146. The summed E-state index contributed by atoms with van der Waals surface area (Å²) in [6, 6.07) is 2.15. The van der Waals surface area contributed by atoms with E-state index >= 15 is 0 Å². The van der Waals surface area contributed by atoms with E-state index < -0.39 is 114 Å². The Bertz CT molecular complexity index is 1710. The van der Waals surface area contributed by atoms with Gasteiger partial charge < -0.3 is 51.5 Å². The van der Waals surface area contributed by atoms with Crippen molar-refractivity contribution < 1.29 is 63.2 Å². The SMILES string of the molecule is CC(=O)N[C@@H](CC(=O)O)C(=O)N[C@@H](CC(=O)O)C(=O)N[C@@H](CC1CCCCC1)C(=O)N[C@H](C(=O)N1C[C@H](OCc2ccccc2)C[C@H]1C(=O)NC1(C(=O)O)CC1)C(C)C. The third-order valence-electron chi connectivity index (χ3n) is 10.9. The highest BCUT2D eigenvalue weighted by atomic mass is 16.5. The van der Waals surface area contributed by atoms with Gasteiger partial charge in [0.25, 0.3) is 0 Å².